The normalized spacial score (nSPS) is 15.7. The number of thiophene rings is 1. The van der Waals surface area contributed by atoms with Gasteiger partial charge in [-0.2, -0.15) is 13.2 Å². The number of amides is 2. The zero-order valence-corrected chi connectivity index (χ0v) is 26.8. The van der Waals surface area contributed by atoms with Crippen molar-refractivity contribution in [2.75, 3.05) is 4.90 Å². The van der Waals surface area contributed by atoms with Crippen LogP contribution in [0.2, 0.25) is 0 Å². The van der Waals surface area contributed by atoms with Crippen molar-refractivity contribution < 1.29 is 27.2 Å². The van der Waals surface area contributed by atoms with Crippen LogP contribution in [0, 0.1) is 12.7 Å². The summed E-state index contributed by atoms with van der Waals surface area (Å²) in [7, 11) is 0. The molecular weight excluding hydrogens is 647 g/mol. The minimum atomic E-state index is -4.56. The molecule has 2 N–H and O–H groups in total. The van der Waals surface area contributed by atoms with Gasteiger partial charge in [0.1, 0.15) is 16.4 Å². The van der Waals surface area contributed by atoms with Crippen LogP contribution in [0.5, 0.6) is 0 Å². The number of hydrogen-bond acceptors (Lipinski definition) is 5. The fraction of sp³-hybridized carbons (Fsp3) is 0.139. The van der Waals surface area contributed by atoms with E-state index < -0.39 is 29.0 Å². The van der Waals surface area contributed by atoms with Crippen LogP contribution in [-0.2, 0) is 21.2 Å². The standard InChI is InChI=1S/C36H25F4N3O2S2/c1-18-8-10-21(25(14-18)36(38,39)40)19-9-12-30-26(15-19)35(2,3)27-17-20(16-24-31(44)41-34(46)42-32(24)45)47-33(27)43(30)29-13-11-28(37)22-6-4-5-7-23(22)29/h4-17H,1-3H3,(H2,41,42,44,45,46). The van der Waals surface area contributed by atoms with Crippen molar-refractivity contribution in [1.29, 1.82) is 0 Å². The molecule has 2 amide bonds. The van der Waals surface area contributed by atoms with Crippen LogP contribution >= 0.6 is 23.6 Å². The number of nitrogens with one attached hydrogen (secondary N) is 2. The van der Waals surface area contributed by atoms with Gasteiger partial charge < -0.3 is 4.90 Å². The zero-order chi connectivity index (χ0) is 33.4. The average molecular weight is 672 g/mol. The van der Waals surface area contributed by atoms with E-state index in [0.29, 0.717) is 38.2 Å². The minimum Gasteiger partial charge on any atom is -0.301 e. The van der Waals surface area contributed by atoms with Gasteiger partial charge in [0.05, 0.1) is 16.9 Å². The highest BCUT2D eigenvalue weighted by Crippen LogP contribution is 2.57. The Hall–Kier alpha value is -4.87. The highest BCUT2D eigenvalue weighted by atomic mass is 32.1. The molecule has 5 aromatic rings. The maximum atomic E-state index is 15.0. The summed E-state index contributed by atoms with van der Waals surface area (Å²) in [6.07, 6.45) is -3.07. The first-order valence-corrected chi connectivity index (χ1v) is 15.8. The Morgan fingerprint density at radius 2 is 1.53 bits per heavy atom. The molecule has 11 heteroatoms. The molecule has 0 unspecified atom stereocenters. The molecule has 0 saturated carbocycles. The molecule has 47 heavy (non-hydrogen) atoms. The Morgan fingerprint density at radius 1 is 0.851 bits per heavy atom. The third-order valence-electron chi connectivity index (χ3n) is 8.63. The molecule has 0 aliphatic carbocycles. The predicted molar refractivity (Wildman–Crippen MR) is 181 cm³/mol. The first-order chi connectivity index (χ1) is 22.2. The zero-order valence-electron chi connectivity index (χ0n) is 25.2. The summed E-state index contributed by atoms with van der Waals surface area (Å²) in [4.78, 5) is 27.9. The molecule has 1 saturated heterocycles. The Balaban J connectivity index is 1.48. The second-order valence-electron chi connectivity index (χ2n) is 12.0. The van der Waals surface area contributed by atoms with Gasteiger partial charge >= 0.3 is 6.18 Å². The maximum absolute atomic E-state index is 15.0. The molecule has 0 spiro atoms. The maximum Gasteiger partial charge on any atom is 0.417 e. The lowest BCUT2D eigenvalue weighted by Gasteiger charge is -2.40. The number of alkyl halides is 3. The van der Waals surface area contributed by atoms with Crippen molar-refractivity contribution in [3.63, 3.8) is 0 Å². The Bertz CT molecular complexity index is 2200. The minimum absolute atomic E-state index is 0.0641. The van der Waals surface area contributed by atoms with Crippen molar-refractivity contribution in [2.45, 2.75) is 32.4 Å². The van der Waals surface area contributed by atoms with Crippen molar-refractivity contribution in [1.82, 2.24) is 10.6 Å². The number of carbonyl (C=O) groups is 2. The summed E-state index contributed by atoms with van der Waals surface area (Å²) in [5, 5.41) is 6.62. The molecule has 0 bridgehead atoms. The molecule has 2 aliphatic rings. The lowest BCUT2D eigenvalue weighted by molar-refractivity contribution is -0.137. The molecule has 0 atom stereocenters. The first-order valence-electron chi connectivity index (χ1n) is 14.6. The van der Waals surface area contributed by atoms with Gasteiger partial charge in [-0.25, -0.2) is 4.39 Å². The van der Waals surface area contributed by atoms with E-state index in [9.17, 15) is 22.8 Å². The van der Waals surface area contributed by atoms with E-state index in [0.717, 1.165) is 22.2 Å². The van der Waals surface area contributed by atoms with Crippen LogP contribution in [-0.4, -0.2) is 16.9 Å². The van der Waals surface area contributed by atoms with E-state index in [1.807, 2.05) is 36.9 Å². The predicted octanol–water partition coefficient (Wildman–Crippen LogP) is 9.06. The largest absolute Gasteiger partial charge is 0.417 e. The Kier molecular flexibility index (Phi) is 7.10. The molecule has 1 aromatic heterocycles. The van der Waals surface area contributed by atoms with Gasteiger partial charge in [0.25, 0.3) is 11.8 Å². The van der Waals surface area contributed by atoms with Crippen LogP contribution in [0.1, 0.15) is 41.0 Å². The number of benzene rings is 4. The summed E-state index contributed by atoms with van der Waals surface area (Å²) in [5.41, 5.74) is 2.34. The highest BCUT2D eigenvalue weighted by Gasteiger charge is 2.41. The summed E-state index contributed by atoms with van der Waals surface area (Å²) in [6, 6.07) is 21.6. The second kappa shape index (κ2) is 10.9. The molecule has 4 aromatic carbocycles. The summed E-state index contributed by atoms with van der Waals surface area (Å²) < 4.78 is 57.7. The third-order valence-corrected chi connectivity index (χ3v) is 9.90. The van der Waals surface area contributed by atoms with Gasteiger partial charge in [-0.3, -0.25) is 20.2 Å². The number of carbonyl (C=O) groups excluding carboxylic acids is 2. The number of aryl methyl sites for hydroxylation is 1. The van der Waals surface area contributed by atoms with Gasteiger partial charge in [0.15, 0.2) is 5.11 Å². The van der Waals surface area contributed by atoms with Crippen LogP contribution < -0.4 is 15.5 Å². The Morgan fingerprint density at radius 3 is 2.23 bits per heavy atom. The number of hydrogen-bond donors (Lipinski definition) is 2. The quantitative estimate of drug-likeness (QED) is 0.0870. The molecule has 3 heterocycles. The molecule has 7 rings (SSSR count). The lowest BCUT2D eigenvalue weighted by atomic mass is 9.74. The molecule has 236 valence electrons. The van der Waals surface area contributed by atoms with Crippen molar-refractivity contribution in [3.05, 3.63) is 117 Å². The van der Waals surface area contributed by atoms with Crippen molar-refractivity contribution in [3.8, 4) is 11.1 Å². The number of anilines is 3. The van der Waals surface area contributed by atoms with E-state index >= 15 is 4.39 Å². The van der Waals surface area contributed by atoms with E-state index in [2.05, 4.69) is 10.6 Å². The lowest BCUT2D eigenvalue weighted by Crippen LogP contribution is -2.51. The molecule has 0 radical (unpaired) electrons. The van der Waals surface area contributed by atoms with Gasteiger partial charge in [-0.15, -0.1) is 11.3 Å². The van der Waals surface area contributed by atoms with Crippen LogP contribution in [0.3, 0.4) is 0 Å². The summed E-state index contributed by atoms with van der Waals surface area (Å²) in [5.74, 6) is -1.64. The topological polar surface area (TPSA) is 61.4 Å². The van der Waals surface area contributed by atoms with Crippen LogP contribution in [0.25, 0.3) is 28.0 Å². The van der Waals surface area contributed by atoms with E-state index in [1.54, 1.807) is 49.4 Å². The van der Waals surface area contributed by atoms with Gasteiger partial charge in [-0.1, -0.05) is 61.9 Å². The van der Waals surface area contributed by atoms with Gasteiger partial charge in [-0.05, 0) is 83.9 Å². The van der Waals surface area contributed by atoms with Crippen LogP contribution in [0.15, 0.2) is 84.4 Å². The first kappa shape index (κ1) is 30.8. The van der Waals surface area contributed by atoms with E-state index in [-0.39, 0.29) is 22.1 Å². The van der Waals surface area contributed by atoms with Gasteiger partial charge in [0.2, 0.25) is 0 Å². The summed E-state index contributed by atoms with van der Waals surface area (Å²) >= 11 is 6.27. The fourth-order valence-corrected chi connectivity index (χ4v) is 7.79. The van der Waals surface area contributed by atoms with Crippen molar-refractivity contribution in [2.24, 2.45) is 0 Å². The SMILES string of the molecule is Cc1ccc(-c2ccc3c(c2)C(C)(C)c2cc(C=C4C(=O)NC(=S)NC4=O)sc2N3c2ccc(F)c3ccccc23)c(C(F)(F)F)c1. The molecular formula is C36H25F4N3O2S2. The van der Waals surface area contributed by atoms with E-state index in [4.69, 9.17) is 12.2 Å². The number of halogens is 4. The van der Waals surface area contributed by atoms with E-state index in [1.165, 1.54) is 29.5 Å². The molecule has 5 nitrogen and oxygen atoms in total. The van der Waals surface area contributed by atoms with Crippen molar-refractivity contribution >= 4 is 73.7 Å². The van der Waals surface area contributed by atoms with Crippen LogP contribution in [0.4, 0.5) is 33.9 Å². The fourth-order valence-electron chi connectivity index (χ4n) is 6.31. The number of fused-ring (bicyclic) bond motifs is 3. The molecule has 2 aliphatic heterocycles. The molecule has 1 fully saturated rings. The number of rotatable bonds is 3. The number of thiocarbonyl (C=S) groups is 1. The second-order valence-corrected chi connectivity index (χ2v) is 13.5. The summed E-state index contributed by atoms with van der Waals surface area (Å²) in [6.45, 7) is 5.59. The third kappa shape index (κ3) is 5.10. The smallest absolute Gasteiger partial charge is 0.301 e. The Labute approximate surface area is 276 Å². The highest BCUT2D eigenvalue weighted by molar-refractivity contribution is 7.80. The average Bonchev–Trinajstić information content (AvgIpc) is 3.44. The number of nitrogens with zero attached hydrogens (tertiary/aromatic N) is 1. The van der Waals surface area contributed by atoms with Gasteiger partial charge in [0, 0.05) is 21.1 Å². The monoisotopic (exact) mass is 671 g/mol.